The molecule has 0 amide bonds. The molecule has 2 aromatic carbocycles. The molecule has 0 saturated heterocycles. The summed E-state index contributed by atoms with van der Waals surface area (Å²) in [4.78, 5) is 16.6. The molecule has 1 N–H and O–H groups in total. The standard InChI is InChI=1S/C20H23NO4/c1-3-24-19(20(22)23)13-17-10-7-11-18(12-17)15(2)21-25-14-16-8-5-4-6-9-16/h4-12,19H,3,13-14H2,1-2H3,(H,22,23)/b21-15+/t19-/m1/s1. The zero-order valence-electron chi connectivity index (χ0n) is 14.5. The molecule has 2 aromatic rings. The van der Waals surface area contributed by atoms with Gasteiger partial charge in [-0.15, -0.1) is 0 Å². The van der Waals surface area contributed by atoms with Gasteiger partial charge in [0.2, 0.25) is 0 Å². The van der Waals surface area contributed by atoms with Crippen LogP contribution in [0.3, 0.4) is 0 Å². The lowest BCUT2D eigenvalue weighted by Gasteiger charge is -2.13. The largest absolute Gasteiger partial charge is 0.479 e. The number of benzene rings is 2. The molecule has 2 rings (SSSR count). The second kappa shape index (κ2) is 9.59. The van der Waals surface area contributed by atoms with E-state index in [1.165, 1.54) is 0 Å². The lowest BCUT2D eigenvalue weighted by Crippen LogP contribution is -2.26. The first-order chi connectivity index (χ1) is 12.1. The maximum Gasteiger partial charge on any atom is 0.333 e. The van der Waals surface area contributed by atoms with Gasteiger partial charge >= 0.3 is 5.97 Å². The first-order valence-corrected chi connectivity index (χ1v) is 8.24. The Kier molecular flexibility index (Phi) is 7.16. The maximum atomic E-state index is 11.2. The normalized spacial score (nSPS) is 12.6. The summed E-state index contributed by atoms with van der Waals surface area (Å²) in [6, 6.07) is 17.4. The van der Waals surface area contributed by atoms with Gasteiger partial charge in [0.05, 0.1) is 5.71 Å². The topological polar surface area (TPSA) is 68.1 Å². The van der Waals surface area contributed by atoms with Crippen LogP contribution >= 0.6 is 0 Å². The Bertz CT molecular complexity index is 713. The number of carbonyl (C=O) groups is 1. The molecule has 5 heteroatoms. The molecule has 0 aliphatic rings. The van der Waals surface area contributed by atoms with E-state index in [-0.39, 0.29) is 0 Å². The van der Waals surface area contributed by atoms with Crippen molar-refractivity contribution in [3.8, 4) is 0 Å². The highest BCUT2D eigenvalue weighted by molar-refractivity contribution is 5.98. The molecular formula is C20H23NO4. The monoisotopic (exact) mass is 341 g/mol. The van der Waals surface area contributed by atoms with Crippen LogP contribution in [0.15, 0.2) is 59.8 Å². The minimum atomic E-state index is -0.955. The number of carboxylic acids is 1. The number of rotatable bonds is 9. The van der Waals surface area contributed by atoms with Gasteiger partial charge in [-0.2, -0.15) is 0 Å². The fraction of sp³-hybridized carbons (Fsp3) is 0.300. The number of hydrogen-bond donors (Lipinski definition) is 1. The van der Waals surface area contributed by atoms with E-state index < -0.39 is 12.1 Å². The van der Waals surface area contributed by atoms with Crippen LogP contribution in [0, 0.1) is 0 Å². The molecule has 0 aliphatic carbocycles. The van der Waals surface area contributed by atoms with Crippen LogP contribution in [0.5, 0.6) is 0 Å². The third-order valence-corrected chi connectivity index (χ3v) is 3.68. The van der Waals surface area contributed by atoms with Gasteiger partial charge in [-0.25, -0.2) is 4.79 Å². The lowest BCUT2D eigenvalue weighted by molar-refractivity contribution is -0.149. The molecule has 132 valence electrons. The van der Waals surface area contributed by atoms with Crippen molar-refractivity contribution in [2.45, 2.75) is 33.0 Å². The second-order valence-corrected chi connectivity index (χ2v) is 5.62. The summed E-state index contributed by atoms with van der Waals surface area (Å²) in [7, 11) is 0. The molecule has 25 heavy (non-hydrogen) atoms. The Morgan fingerprint density at radius 3 is 2.52 bits per heavy atom. The molecule has 0 bridgehead atoms. The molecule has 0 spiro atoms. The Morgan fingerprint density at radius 2 is 1.84 bits per heavy atom. The van der Waals surface area contributed by atoms with Crippen molar-refractivity contribution in [2.24, 2.45) is 5.16 Å². The highest BCUT2D eigenvalue weighted by atomic mass is 16.6. The van der Waals surface area contributed by atoms with E-state index in [1.54, 1.807) is 6.92 Å². The molecular weight excluding hydrogens is 318 g/mol. The second-order valence-electron chi connectivity index (χ2n) is 5.62. The number of oxime groups is 1. The van der Waals surface area contributed by atoms with Crippen LogP contribution in [0.4, 0.5) is 0 Å². The van der Waals surface area contributed by atoms with Crippen molar-refractivity contribution in [2.75, 3.05) is 6.61 Å². The van der Waals surface area contributed by atoms with Crippen LogP contribution in [-0.2, 0) is 27.4 Å². The highest BCUT2D eigenvalue weighted by Crippen LogP contribution is 2.12. The zero-order chi connectivity index (χ0) is 18.1. The highest BCUT2D eigenvalue weighted by Gasteiger charge is 2.18. The minimum absolute atomic E-state index is 0.315. The van der Waals surface area contributed by atoms with Crippen molar-refractivity contribution in [3.63, 3.8) is 0 Å². The third-order valence-electron chi connectivity index (χ3n) is 3.68. The summed E-state index contributed by atoms with van der Waals surface area (Å²) < 4.78 is 5.27. The number of hydrogen-bond acceptors (Lipinski definition) is 4. The van der Waals surface area contributed by atoms with Gasteiger partial charge < -0.3 is 14.7 Å². The van der Waals surface area contributed by atoms with Crippen LogP contribution in [0.1, 0.15) is 30.5 Å². The molecule has 0 aliphatic heterocycles. The van der Waals surface area contributed by atoms with E-state index in [4.69, 9.17) is 9.57 Å². The van der Waals surface area contributed by atoms with Crippen molar-refractivity contribution in [3.05, 3.63) is 71.3 Å². The van der Waals surface area contributed by atoms with E-state index in [0.717, 1.165) is 22.4 Å². The van der Waals surface area contributed by atoms with Crippen LogP contribution < -0.4 is 0 Å². The van der Waals surface area contributed by atoms with Crippen LogP contribution in [0.2, 0.25) is 0 Å². The first-order valence-electron chi connectivity index (χ1n) is 8.24. The predicted octanol–water partition coefficient (Wildman–Crippen LogP) is 3.66. The van der Waals surface area contributed by atoms with Crippen molar-refractivity contribution in [1.82, 2.24) is 0 Å². The van der Waals surface area contributed by atoms with Gasteiger partial charge in [0, 0.05) is 13.0 Å². The predicted molar refractivity (Wildman–Crippen MR) is 96.6 cm³/mol. The van der Waals surface area contributed by atoms with Gasteiger partial charge in [-0.05, 0) is 36.6 Å². The summed E-state index contributed by atoms with van der Waals surface area (Å²) in [5, 5.41) is 13.4. The summed E-state index contributed by atoms with van der Waals surface area (Å²) in [6.45, 7) is 4.42. The van der Waals surface area contributed by atoms with E-state index in [9.17, 15) is 9.90 Å². The van der Waals surface area contributed by atoms with E-state index in [2.05, 4.69) is 5.16 Å². The Labute approximate surface area is 147 Å². The Morgan fingerprint density at radius 1 is 1.12 bits per heavy atom. The van der Waals surface area contributed by atoms with Gasteiger partial charge in [0.15, 0.2) is 6.10 Å². The SMILES string of the molecule is CCO[C@H](Cc1cccc(/C(C)=N/OCc2ccccc2)c1)C(=O)O. The zero-order valence-corrected chi connectivity index (χ0v) is 14.5. The Balaban J connectivity index is 2.01. The summed E-state index contributed by atoms with van der Waals surface area (Å²) in [5.41, 5.74) is 3.57. The summed E-state index contributed by atoms with van der Waals surface area (Å²) in [5.74, 6) is -0.955. The van der Waals surface area contributed by atoms with Crippen molar-refractivity contribution in [1.29, 1.82) is 0 Å². The smallest absolute Gasteiger partial charge is 0.333 e. The van der Waals surface area contributed by atoms with E-state index in [1.807, 2.05) is 61.5 Å². The number of ether oxygens (including phenoxy) is 1. The molecule has 0 radical (unpaired) electrons. The van der Waals surface area contributed by atoms with Gasteiger partial charge in [0.1, 0.15) is 6.61 Å². The summed E-state index contributed by atoms with van der Waals surface area (Å²) >= 11 is 0. The van der Waals surface area contributed by atoms with Crippen LogP contribution in [0.25, 0.3) is 0 Å². The lowest BCUT2D eigenvalue weighted by atomic mass is 10.0. The Hall–Kier alpha value is -2.66. The average Bonchev–Trinajstić information content (AvgIpc) is 2.62. The van der Waals surface area contributed by atoms with Crippen molar-refractivity contribution >= 4 is 11.7 Å². The quantitative estimate of drug-likeness (QED) is 0.558. The fourth-order valence-corrected chi connectivity index (χ4v) is 2.39. The van der Waals surface area contributed by atoms with E-state index in [0.29, 0.717) is 19.6 Å². The number of nitrogens with zero attached hydrogens (tertiary/aromatic N) is 1. The minimum Gasteiger partial charge on any atom is -0.479 e. The first kappa shape index (κ1) is 18.7. The molecule has 0 fully saturated rings. The number of carboxylic acid groups (broad SMARTS) is 1. The average molecular weight is 341 g/mol. The molecule has 1 atom stereocenters. The summed E-state index contributed by atoms with van der Waals surface area (Å²) in [6.07, 6.45) is -0.526. The van der Waals surface area contributed by atoms with Gasteiger partial charge in [-0.3, -0.25) is 0 Å². The van der Waals surface area contributed by atoms with Gasteiger partial charge in [-0.1, -0.05) is 53.7 Å². The molecule has 0 unspecified atom stereocenters. The van der Waals surface area contributed by atoms with Crippen LogP contribution in [-0.4, -0.2) is 29.5 Å². The maximum absolute atomic E-state index is 11.2. The van der Waals surface area contributed by atoms with Gasteiger partial charge in [0.25, 0.3) is 0 Å². The molecule has 0 heterocycles. The van der Waals surface area contributed by atoms with Crippen molar-refractivity contribution < 1.29 is 19.5 Å². The molecule has 0 aromatic heterocycles. The van der Waals surface area contributed by atoms with E-state index >= 15 is 0 Å². The molecule has 5 nitrogen and oxygen atoms in total. The molecule has 0 saturated carbocycles. The number of aliphatic carboxylic acids is 1. The fourth-order valence-electron chi connectivity index (χ4n) is 2.39. The third kappa shape index (κ3) is 6.04.